The number of methoxy groups -OCH3 is 1. The van der Waals surface area contributed by atoms with Gasteiger partial charge < -0.3 is 14.5 Å². The van der Waals surface area contributed by atoms with Gasteiger partial charge in [0.2, 0.25) is 5.91 Å². The Balaban J connectivity index is 1.79. The SMILES string of the molecule is COCCN(CC(=O)N(Cc1ccc(F)cc1)Cc1cccs1)C(=O)c1ccc(C(F)(F)F)cc1. The average molecular weight is 509 g/mol. The molecule has 186 valence electrons. The maximum Gasteiger partial charge on any atom is 0.416 e. The lowest BCUT2D eigenvalue weighted by Gasteiger charge is -2.28. The maximum absolute atomic E-state index is 13.3. The van der Waals surface area contributed by atoms with Crippen molar-refractivity contribution in [1.29, 1.82) is 0 Å². The topological polar surface area (TPSA) is 49.9 Å². The Morgan fingerprint density at radius 1 is 0.943 bits per heavy atom. The number of halogens is 4. The second-order valence-corrected chi connectivity index (χ2v) is 8.78. The van der Waals surface area contributed by atoms with E-state index in [0.29, 0.717) is 12.1 Å². The van der Waals surface area contributed by atoms with Gasteiger partial charge in [0, 0.05) is 30.6 Å². The highest BCUT2D eigenvalue weighted by atomic mass is 32.1. The molecule has 0 aliphatic rings. The molecule has 0 unspecified atom stereocenters. The highest BCUT2D eigenvalue weighted by molar-refractivity contribution is 7.09. The molecule has 0 spiro atoms. The number of carbonyl (C=O) groups is 2. The highest BCUT2D eigenvalue weighted by Crippen LogP contribution is 2.29. The predicted molar refractivity (Wildman–Crippen MR) is 124 cm³/mol. The minimum absolute atomic E-state index is 0.0326. The van der Waals surface area contributed by atoms with Crippen molar-refractivity contribution in [2.24, 2.45) is 0 Å². The summed E-state index contributed by atoms with van der Waals surface area (Å²) in [7, 11) is 1.44. The first-order valence-corrected chi connectivity index (χ1v) is 11.6. The van der Waals surface area contributed by atoms with E-state index in [0.717, 1.165) is 29.1 Å². The van der Waals surface area contributed by atoms with Crippen LogP contribution in [0.3, 0.4) is 0 Å². The van der Waals surface area contributed by atoms with Gasteiger partial charge >= 0.3 is 6.18 Å². The minimum atomic E-state index is -4.52. The highest BCUT2D eigenvalue weighted by Gasteiger charge is 2.31. The molecule has 2 amide bonds. The van der Waals surface area contributed by atoms with Gasteiger partial charge in [-0.05, 0) is 53.4 Å². The van der Waals surface area contributed by atoms with E-state index in [1.165, 1.54) is 35.5 Å². The summed E-state index contributed by atoms with van der Waals surface area (Å²) in [4.78, 5) is 30.1. The molecule has 35 heavy (non-hydrogen) atoms. The molecule has 0 bridgehead atoms. The van der Waals surface area contributed by atoms with E-state index in [-0.39, 0.29) is 37.7 Å². The normalized spacial score (nSPS) is 11.3. The zero-order chi connectivity index (χ0) is 25.4. The monoisotopic (exact) mass is 508 g/mol. The van der Waals surface area contributed by atoms with Crippen molar-refractivity contribution in [1.82, 2.24) is 9.80 Å². The van der Waals surface area contributed by atoms with Crippen molar-refractivity contribution in [3.8, 4) is 0 Å². The van der Waals surface area contributed by atoms with E-state index in [2.05, 4.69) is 0 Å². The summed E-state index contributed by atoms with van der Waals surface area (Å²) in [5, 5.41) is 1.88. The van der Waals surface area contributed by atoms with Crippen molar-refractivity contribution in [3.63, 3.8) is 0 Å². The van der Waals surface area contributed by atoms with Crippen LogP contribution in [0.1, 0.15) is 26.4 Å². The number of benzene rings is 2. The molecule has 1 heterocycles. The Kier molecular flexibility index (Phi) is 9.00. The molecule has 0 aliphatic carbocycles. The molecule has 0 radical (unpaired) electrons. The number of hydrogen-bond acceptors (Lipinski definition) is 4. The van der Waals surface area contributed by atoms with Crippen LogP contribution in [-0.4, -0.2) is 48.4 Å². The van der Waals surface area contributed by atoms with Gasteiger partial charge in [0.25, 0.3) is 5.91 Å². The lowest BCUT2D eigenvalue weighted by Crippen LogP contribution is -2.43. The lowest BCUT2D eigenvalue weighted by atomic mass is 10.1. The molecule has 0 saturated heterocycles. The van der Waals surface area contributed by atoms with Crippen molar-refractivity contribution < 1.29 is 31.9 Å². The van der Waals surface area contributed by atoms with Gasteiger partial charge in [-0.25, -0.2) is 4.39 Å². The van der Waals surface area contributed by atoms with E-state index in [1.807, 2.05) is 17.5 Å². The number of nitrogens with zero attached hydrogens (tertiary/aromatic N) is 2. The largest absolute Gasteiger partial charge is 0.416 e. The number of rotatable bonds is 10. The van der Waals surface area contributed by atoms with Crippen molar-refractivity contribution in [2.75, 3.05) is 26.8 Å². The summed E-state index contributed by atoms with van der Waals surface area (Å²) in [6, 6.07) is 13.4. The molecule has 0 aliphatic heterocycles. The van der Waals surface area contributed by atoms with Crippen LogP contribution in [-0.2, 0) is 28.8 Å². The summed E-state index contributed by atoms with van der Waals surface area (Å²) in [6.45, 7) is 0.411. The molecule has 0 atom stereocenters. The molecular weight excluding hydrogens is 484 g/mol. The fourth-order valence-electron chi connectivity index (χ4n) is 3.33. The second kappa shape index (κ2) is 11.9. The number of hydrogen-bond donors (Lipinski definition) is 0. The van der Waals surface area contributed by atoms with Gasteiger partial charge in [0.1, 0.15) is 12.4 Å². The zero-order valence-corrected chi connectivity index (χ0v) is 19.7. The van der Waals surface area contributed by atoms with Crippen LogP contribution in [0.5, 0.6) is 0 Å². The number of carbonyl (C=O) groups excluding carboxylic acids is 2. The molecule has 2 aromatic carbocycles. The van der Waals surface area contributed by atoms with Crippen LogP contribution in [0.25, 0.3) is 0 Å². The molecule has 0 fully saturated rings. The molecule has 1 aromatic heterocycles. The van der Waals surface area contributed by atoms with Gasteiger partial charge in [0.15, 0.2) is 0 Å². The van der Waals surface area contributed by atoms with Crippen LogP contribution in [0, 0.1) is 5.82 Å². The molecule has 3 rings (SSSR count). The molecule has 0 N–H and O–H groups in total. The van der Waals surface area contributed by atoms with E-state index >= 15 is 0 Å². The smallest absolute Gasteiger partial charge is 0.383 e. The van der Waals surface area contributed by atoms with Crippen LogP contribution in [0.15, 0.2) is 66.0 Å². The fraction of sp³-hybridized carbons (Fsp3) is 0.280. The number of alkyl halides is 3. The minimum Gasteiger partial charge on any atom is -0.383 e. The van der Waals surface area contributed by atoms with Gasteiger partial charge in [-0.3, -0.25) is 9.59 Å². The summed E-state index contributed by atoms with van der Waals surface area (Å²) in [6.07, 6.45) is -4.52. The Morgan fingerprint density at radius 3 is 2.20 bits per heavy atom. The Hall–Kier alpha value is -3.24. The van der Waals surface area contributed by atoms with E-state index < -0.39 is 23.5 Å². The third-order valence-electron chi connectivity index (χ3n) is 5.20. The Bertz CT molecular complexity index is 1100. The van der Waals surface area contributed by atoms with Gasteiger partial charge in [-0.2, -0.15) is 13.2 Å². The van der Waals surface area contributed by atoms with Gasteiger partial charge in [-0.15, -0.1) is 11.3 Å². The Morgan fingerprint density at radius 2 is 1.63 bits per heavy atom. The molecule has 5 nitrogen and oxygen atoms in total. The quantitative estimate of drug-likeness (QED) is 0.353. The molecule has 10 heteroatoms. The van der Waals surface area contributed by atoms with E-state index in [1.54, 1.807) is 17.0 Å². The van der Waals surface area contributed by atoms with E-state index in [9.17, 15) is 27.2 Å². The van der Waals surface area contributed by atoms with E-state index in [4.69, 9.17) is 4.74 Å². The summed E-state index contributed by atoms with van der Waals surface area (Å²) < 4.78 is 57.0. The Labute approximate surface area is 204 Å². The first-order valence-electron chi connectivity index (χ1n) is 10.7. The molecular formula is C25H24F4N2O3S. The summed E-state index contributed by atoms with van der Waals surface area (Å²) in [5.41, 5.74) is -0.117. The summed E-state index contributed by atoms with van der Waals surface area (Å²) >= 11 is 1.47. The number of ether oxygens (including phenoxy) is 1. The first kappa shape index (κ1) is 26.4. The molecule has 3 aromatic rings. The molecule has 0 saturated carbocycles. The van der Waals surface area contributed by atoms with Crippen molar-refractivity contribution in [3.05, 3.63) is 93.4 Å². The third-order valence-corrected chi connectivity index (χ3v) is 6.07. The zero-order valence-electron chi connectivity index (χ0n) is 18.9. The van der Waals surface area contributed by atoms with Crippen LogP contribution >= 0.6 is 11.3 Å². The van der Waals surface area contributed by atoms with Crippen LogP contribution in [0.2, 0.25) is 0 Å². The van der Waals surface area contributed by atoms with Crippen molar-refractivity contribution >= 4 is 23.2 Å². The van der Waals surface area contributed by atoms with Crippen LogP contribution in [0.4, 0.5) is 17.6 Å². The first-order chi connectivity index (χ1) is 16.7. The van der Waals surface area contributed by atoms with Crippen molar-refractivity contribution in [2.45, 2.75) is 19.3 Å². The number of thiophene rings is 1. The lowest BCUT2D eigenvalue weighted by molar-refractivity contribution is -0.137. The predicted octanol–water partition coefficient (Wildman–Crippen LogP) is 5.22. The number of amides is 2. The average Bonchev–Trinajstić information content (AvgIpc) is 3.35. The summed E-state index contributed by atoms with van der Waals surface area (Å²) in [5.74, 6) is -1.33. The fourth-order valence-corrected chi connectivity index (χ4v) is 4.05. The standard InChI is InChI=1S/C25H24F4N2O3S/c1-34-13-12-30(24(33)19-6-8-20(9-7-19)25(27,28)29)17-23(32)31(16-22-3-2-14-35-22)15-18-4-10-21(26)11-5-18/h2-11,14H,12-13,15-17H2,1H3. The second-order valence-electron chi connectivity index (χ2n) is 7.75. The van der Waals surface area contributed by atoms with Crippen LogP contribution < -0.4 is 0 Å². The third kappa shape index (κ3) is 7.63. The van der Waals surface area contributed by atoms with Gasteiger partial charge in [0.05, 0.1) is 18.7 Å². The van der Waals surface area contributed by atoms with Gasteiger partial charge in [-0.1, -0.05) is 18.2 Å². The maximum atomic E-state index is 13.3.